The highest BCUT2D eigenvalue weighted by Gasteiger charge is 2.16. The summed E-state index contributed by atoms with van der Waals surface area (Å²) in [5.74, 6) is 1.76. The van der Waals surface area contributed by atoms with Crippen LogP contribution in [0.2, 0.25) is 0 Å². The molecule has 7 heteroatoms. The molecule has 114 valence electrons. The fraction of sp³-hybridized carbons (Fsp3) is 0.769. The number of nitrogens with zero attached hydrogens (tertiary/aromatic N) is 4. The minimum Gasteiger partial charge on any atom is -0.377 e. The third kappa shape index (κ3) is 5.16. The Bertz CT molecular complexity index is 426. The molecule has 0 radical (unpaired) electrons. The molecule has 0 aliphatic rings. The van der Waals surface area contributed by atoms with Crippen molar-refractivity contribution in [2.45, 2.75) is 39.3 Å². The Hall–Kier alpha value is -1.63. The predicted molar refractivity (Wildman–Crippen MR) is 79.9 cm³/mol. The first-order valence-corrected chi connectivity index (χ1v) is 6.88. The van der Waals surface area contributed by atoms with Crippen LogP contribution in [0.25, 0.3) is 0 Å². The zero-order valence-corrected chi connectivity index (χ0v) is 13.1. The monoisotopic (exact) mass is 282 g/mol. The number of hydrogen-bond donors (Lipinski definition) is 2. The molecule has 0 aliphatic heterocycles. The Balaban J connectivity index is 2.36. The van der Waals surface area contributed by atoms with Gasteiger partial charge in [-0.25, -0.2) is 0 Å². The SMILES string of the molecule is CCc1nncn1CCNC(=NC)NCC(C)(C)OC. The van der Waals surface area contributed by atoms with Crippen molar-refractivity contribution < 1.29 is 4.74 Å². The smallest absolute Gasteiger partial charge is 0.191 e. The normalized spacial score (nSPS) is 12.6. The number of rotatable bonds is 7. The molecular weight excluding hydrogens is 256 g/mol. The van der Waals surface area contributed by atoms with Crippen LogP contribution in [0.5, 0.6) is 0 Å². The molecule has 7 nitrogen and oxygen atoms in total. The summed E-state index contributed by atoms with van der Waals surface area (Å²) >= 11 is 0. The van der Waals surface area contributed by atoms with Crippen LogP contribution >= 0.6 is 0 Å². The lowest BCUT2D eigenvalue weighted by Crippen LogP contribution is -2.45. The summed E-state index contributed by atoms with van der Waals surface area (Å²) in [7, 11) is 3.46. The average molecular weight is 282 g/mol. The number of guanidine groups is 1. The van der Waals surface area contributed by atoms with Gasteiger partial charge in [0.05, 0.1) is 5.60 Å². The highest BCUT2D eigenvalue weighted by molar-refractivity contribution is 5.79. The van der Waals surface area contributed by atoms with Crippen LogP contribution in [-0.4, -0.2) is 53.6 Å². The number of aryl methyl sites for hydroxylation is 1. The Labute approximate surface area is 120 Å². The van der Waals surface area contributed by atoms with E-state index in [-0.39, 0.29) is 5.60 Å². The van der Waals surface area contributed by atoms with E-state index < -0.39 is 0 Å². The van der Waals surface area contributed by atoms with Crippen molar-refractivity contribution in [1.29, 1.82) is 0 Å². The van der Waals surface area contributed by atoms with Gasteiger partial charge in [-0.15, -0.1) is 10.2 Å². The number of ether oxygens (including phenoxy) is 1. The molecule has 0 atom stereocenters. The lowest BCUT2D eigenvalue weighted by atomic mass is 10.1. The van der Waals surface area contributed by atoms with Crippen molar-refractivity contribution >= 4 is 5.96 Å². The maximum atomic E-state index is 5.36. The first kappa shape index (κ1) is 16.4. The van der Waals surface area contributed by atoms with Crippen molar-refractivity contribution in [3.63, 3.8) is 0 Å². The first-order valence-electron chi connectivity index (χ1n) is 6.88. The summed E-state index contributed by atoms with van der Waals surface area (Å²) in [4.78, 5) is 4.19. The van der Waals surface area contributed by atoms with Gasteiger partial charge in [-0.1, -0.05) is 6.92 Å². The standard InChI is InChI=1S/C13H26N6O/c1-6-11-18-17-10-19(11)8-7-15-12(14-4)16-9-13(2,3)20-5/h10H,6-9H2,1-5H3,(H2,14,15,16). The van der Waals surface area contributed by atoms with E-state index in [1.165, 1.54) is 0 Å². The summed E-state index contributed by atoms with van der Waals surface area (Å²) in [6, 6.07) is 0. The predicted octanol–water partition coefficient (Wildman–Crippen LogP) is 0.431. The van der Waals surface area contributed by atoms with Gasteiger partial charge in [0.1, 0.15) is 12.2 Å². The maximum Gasteiger partial charge on any atom is 0.191 e. The van der Waals surface area contributed by atoms with E-state index in [2.05, 4.69) is 32.7 Å². The van der Waals surface area contributed by atoms with Crippen LogP contribution in [-0.2, 0) is 17.7 Å². The zero-order valence-electron chi connectivity index (χ0n) is 13.1. The zero-order chi connectivity index (χ0) is 15.0. The minimum atomic E-state index is -0.221. The van der Waals surface area contributed by atoms with Crippen molar-refractivity contribution in [1.82, 2.24) is 25.4 Å². The second-order valence-electron chi connectivity index (χ2n) is 5.11. The van der Waals surface area contributed by atoms with Crippen molar-refractivity contribution in [3.05, 3.63) is 12.2 Å². The van der Waals surface area contributed by atoms with Crippen LogP contribution in [0.15, 0.2) is 11.3 Å². The number of aromatic nitrogens is 3. The molecule has 2 N–H and O–H groups in total. The summed E-state index contributed by atoms with van der Waals surface area (Å²) in [5, 5.41) is 14.5. The fourth-order valence-electron chi connectivity index (χ4n) is 1.62. The van der Waals surface area contributed by atoms with Gasteiger partial charge in [-0.2, -0.15) is 0 Å². The van der Waals surface area contributed by atoms with Crippen molar-refractivity contribution in [2.24, 2.45) is 4.99 Å². The van der Waals surface area contributed by atoms with Crippen LogP contribution in [0.3, 0.4) is 0 Å². The molecule has 0 spiro atoms. The second-order valence-corrected chi connectivity index (χ2v) is 5.11. The quantitative estimate of drug-likeness (QED) is 0.560. The number of hydrogen-bond acceptors (Lipinski definition) is 4. The number of methoxy groups -OCH3 is 1. The summed E-state index contributed by atoms with van der Waals surface area (Å²) in [5.41, 5.74) is -0.221. The molecule has 0 saturated heterocycles. The molecule has 1 rings (SSSR count). The highest BCUT2D eigenvalue weighted by Crippen LogP contribution is 2.04. The largest absolute Gasteiger partial charge is 0.377 e. The number of nitrogens with one attached hydrogen (secondary N) is 2. The Morgan fingerprint density at radius 3 is 2.80 bits per heavy atom. The molecule has 1 aromatic heterocycles. The average Bonchev–Trinajstić information content (AvgIpc) is 2.90. The molecular formula is C13H26N6O. The van der Waals surface area contributed by atoms with Gasteiger partial charge in [0, 0.05) is 40.2 Å². The fourth-order valence-corrected chi connectivity index (χ4v) is 1.62. The second kappa shape index (κ2) is 7.84. The van der Waals surface area contributed by atoms with Gasteiger partial charge in [0.15, 0.2) is 5.96 Å². The van der Waals surface area contributed by atoms with E-state index in [0.717, 1.165) is 31.3 Å². The van der Waals surface area contributed by atoms with Gasteiger partial charge in [0.25, 0.3) is 0 Å². The van der Waals surface area contributed by atoms with Crippen LogP contribution in [0, 0.1) is 0 Å². The molecule has 1 heterocycles. The number of aliphatic imine (C=N–C) groups is 1. The van der Waals surface area contributed by atoms with Gasteiger partial charge < -0.3 is 19.9 Å². The lowest BCUT2D eigenvalue weighted by Gasteiger charge is -2.24. The summed E-state index contributed by atoms with van der Waals surface area (Å²) < 4.78 is 7.40. The third-order valence-corrected chi connectivity index (χ3v) is 3.11. The molecule has 0 aromatic carbocycles. The van der Waals surface area contributed by atoms with Gasteiger partial charge in [0.2, 0.25) is 0 Å². The van der Waals surface area contributed by atoms with Gasteiger partial charge >= 0.3 is 0 Å². The van der Waals surface area contributed by atoms with E-state index in [1.54, 1.807) is 20.5 Å². The van der Waals surface area contributed by atoms with E-state index in [9.17, 15) is 0 Å². The van der Waals surface area contributed by atoms with Crippen LogP contribution in [0.1, 0.15) is 26.6 Å². The third-order valence-electron chi connectivity index (χ3n) is 3.11. The van der Waals surface area contributed by atoms with E-state index in [4.69, 9.17) is 4.74 Å². The summed E-state index contributed by atoms with van der Waals surface area (Å²) in [6.45, 7) is 8.38. The van der Waals surface area contributed by atoms with Crippen LogP contribution < -0.4 is 10.6 Å². The van der Waals surface area contributed by atoms with E-state index in [0.29, 0.717) is 6.54 Å². The Morgan fingerprint density at radius 1 is 1.45 bits per heavy atom. The minimum absolute atomic E-state index is 0.221. The van der Waals surface area contributed by atoms with Crippen molar-refractivity contribution in [3.8, 4) is 0 Å². The van der Waals surface area contributed by atoms with Gasteiger partial charge in [-0.3, -0.25) is 4.99 Å². The molecule has 0 aliphatic carbocycles. The molecule has 0 amide bonds. The summed E-state index contributed by atoms with van der Waals surface area (Å²) in [6.07, 6.45) is 2.64. The molecule has 1 aromatic rings. The van der Waals surface area contributed by atoms with E-state index in [1.807, 2.05) is 18.4 Å². The lowest BCUT2D eigenvalue weighted by molar-refractivity contribution is 0.0268. The first-order chi connectivity index (χ1) is 9.52. The molecule has 20 heavy (non-hydrogen) atoms. The maximum absolute atomic E-state index is 5.36. The molecule has 0 unspecified atom stereocenters. The molecule has 0 saturated carbocycles. The van der Waals surface area contributed by atoms with Crippen molar-refractivity contribution in [2.75, 3.05) is 27.2 Å². The van der Waals surface area contributed by atoms with E-state index >= 15 is 0 Å². The Morgan fingerprint density at radius 2 is 2.20 bits per heavy atom. The van der Waals surface area contributed by atoms with Crippen LogP contribution in [0.4, 0.5) is 0 Å². The molecule has 0 bridgehead atoms. The highest BCUT2D eigenvalue weighted by atomic mass is 16.5. The Kier molecular flexibility index (Phi) is 6.44. The van der Waals surface area contributed by atoms with Gasteiger partial charge in [-0.05, 0) is 13.8 Å². The topological polar surface area (TPSA) is 76.4 Å². The molecule has 0 fully saturated rings.